The first kappa shape index (κ1) is 17.7. The van der Waals surface area contributed by atoms with Crippen LogP contribution in [0.3, 0.4) is 0 Å². The number of imide groups is 1. The van der Waals surface area contributed by atoms with Gasteiger partial charge in [-0.2, -0.15) is 0 Å². The summed E-state index contributed by atoms with van der Waals surface area (Å²) in [6, 6.07) is 23.0. The molecule has 0 spiro atoms. The van der Waals surface area contributed by atoms with Gasteiger partial charge in [0.15, 0.2) is 0 Å². The van der Waals surface area contributed by atoms with E-state index < -0.39 is 0 Å². The Kier molecular flexibility index (Phi) is 4.49. The molecule has 0 unspecified atom stereocenters. The lowest BCUT2D eigenvalue weighted by Gasteiger charge is -2.19. The second-order valence-corrected chi connectivity index (χ2v) is 6.69. The summed E-state index contributed by atoms with van der Waals surface area (Å²) in [7, 11) is 1.73. The zero-order valence-electron chi connectivity index (χ0n) is 15.3. The molecule has 3 aromatic carbocycles. The molecule has 138 valence electrons. The van der Waals surface area contributed by atoms with Crippen LogP contribution in [-0.2, 0) is 6.54 Å². The molecule has 5 nitrogen and oxygen atoms in total. The highest BCUT2D eigenvalue weighted by Crippen LogP contribution is 2.29. The number of carbonyl (C=O) groups is 3. The Bertz CT molecular complexity index is 1040. The smallest absolute Gasteiger partial charge is 0.266 e. The van der Waals surface area contributed by atoms with Crippen molar-refractivity contribution in [1.82, 2.24) is 4.90 Å². The fourth-order valence-corrected chi connectivity index (χ4v) is 3.35. The first-order valence-corrected chi connectivity index (χ1v) is 8.93. The highest BCUT2D eigenvalue weighted by atomic mass is 16.2. The largest absolute Gasteiger partial charge is 0.337 e. The molecule has 0 atom stereocenters. The molecule has 0 aliphatic carbocycles. The van der Waals surface area contributed by atoms with Crippen LogP contribution >= 0.6 is 0 Å². The number of fused-ring (bicyclic) bond motifs is 1. The number of amides is 3. The summed E-state index contributed by atoms with van der Waals surface area (Å²) in [4.78, 5) is 40.9. The Labute approximate surface area is 162 Å². The Balaban J connectivity index is 1.59. The lowest BCUT2D eigenvalue weighted by molar-refractivity contribution is 0.0783. The predicted molar refractivity (Wildman–Crippen MR) is 106 cm³/mol. The summed E-state index contributed by atoms with van der Waals surface area (Å²) < 4.78 is 0. The third-order valence-electron chi connectivity index (χ3n) is 4.75. The number of hydrogen-bond acceptors (Lipinski definition) is 3. The topological polar surface area (TPSA) is 57.7 Å². The molecule has 0 radical (unpaired) electrons. The Morgan fingerprint density at radius 2 is 1.43 bits per heavy atom. The van der Waals surface area contributed by atoms with Crippen LogP contribution in [0.15, 0.2) is 78.9 Å². The van der Waals surface area contributed by atoms with Crippen LogP contribution < -0.4 is 4.90 Å². The van der Waals surface area contributed by atoms with E-state index in [1.54, 1.807) is 60.5 Å². The standard InChI is InChI=1S/C23H18N2O3/c1-24(15-16-8-3-2-4-9-16)21(26)17-10-7-11-18(14-17)25-22(27)19-12-5-6-13-20(19)23(25)28/h2-14H,15H2,1H3. The minimum absolute atomic E-state index is 0.178. The van der Waals surface area contributed by atoms with Gasteiger partial charge in [-0.3, -0.25) is 14.4 Å². The van der Waals surface area contributed by atoms with Crippen LogP contribution in [0.4, 0.5) is 5.69 Å². The Morgan fingerprint density at radius 1 is 0.821 bits per heavy atom. The summed E-state index contributed by atoms with van der Waals surface area (Å²) >= 11 is 0. The van der Waals surface area contributed by atoms with Crippen molar-refractivity contribution in [3.63, 3.8) is 0 Å². The summed E-state index contributed by atoms with van der Waals surface area (Å²) in [5, 5.41) is 0. The van der Waals surface area contributed by atoms with Gasteiger partial charge in [0, 0.05) is 19.2 Å². The zero-order valence-corrected chi connectivity index (χ0v) is 15.3. The van der Waals surface area contributed by atoms with Crippen molar-refractivity contribution in [3.8, 4) is 0 Å². The van der Waals surface area contributed by atoms with Gasteiger partial charge >= 0.3 is 0 Å². The van der Waals surface area contributed by atoms with Gasteiger partial charge in [-0.15, -0.1) is 0 Å². The van der Waals surface area contributed by atoms with Gasteiger partial charge in [0.2, 0.25) is 0 Å². The van der Waals surface area contributed by atoms with Gasteiger partial charge in [0.1, 0.15) is 0 Å². The quantitative estimate of drug-likeness (QED) is 0.657. The van der Waals surface area contributed by atoms with Crippen LogP contribution in [0, 0.1) is 0 Å². The van der Waals surface area contributed by atoms with Crippen LogP contribution in [0.5, 0.6) is 0 Å². The van der Waals surface area contributed by atoms with Crippen molar-refractivity contribution >= 4 is 23.4 Å². The van der Waals surface area contributed by atoms with Gasteiger partial charge < -0.3 is 4.90 Å². The molecule has 0 bridgehead atoms. The normalized spacial score (nSPS) is 12.8. The molecular formula is C23H18N2O3. The number of nitrogens with zero attached hydrogens (tertiary/aromatic N) is 2. The molecule has 0 aromatic heterocycles. The number of rotatable bonds is 4. The van der Waals surface area contributed by atoms with Gasteiger partial charge in [-0.25, -0.2) is 4.90 Å². The van der Waals surface area contributed by atoms with Crippen molar-refractivity contribution in [2.45, 2.75) is 6.54 Å². The summed E-state index contributed by atoms with van der Waals surface area (Å²) in [6.45, 7) is 0.469. The van der Waals surface area contributed by atoms with E-state index in [0.717, 1.165) is 10.5 Å². The van der Waals surface area contributed by atoms with E-state index in [9.17, 15) is 14.4 Å². The second kappa shape index (κ2) is 7.12. The summed E-state index contributed by atoms with van der Waals surface area (Å²) in [5.41, 5.74) is 2.60. The molecule has 0 N–H and O–H groups in total. The average molecular weight is 370 g/mol. The maximum absolute atomic E-state index is 12.8. The van der Waals surface area contributed by atoms with Crippen molar-refractivity contribution in [3.05, 3.63) is 101 Å². The van der Waals surface area contributed by atoms with Crippen LogP contribution in [0.25, 0.3) is 0 Å². The molecule has 1 heterocycles. The molecule has 3 aromatic rings. The molecule has 28 heavy (non-hydrogen) atoms. The van der Waals surface area contributed by atoms with E-state index >= 15 is 0 Å². The minimum atomic E-state index is -0.372. The predicted octanol–water partition coefficient (Wildman–Crippen LogP) is 3.76. The molecule has 3 amide bonds. The van der Waals surface area contributed by atoms with Crippen molar-refractivity contribution in [1.29, 1.82) is 0 Å². The van der Waals surface area contributed by atoms with E-state index in [-0.39, 0.29) is 17.7 Å². The summed E-state index contributed by atoms with van der Waals surface area (Å²) in [5.74, 6) is -0.923. The van der Waals surface area contributed by atoms with Crippen molar-refractivity contribution in [2.24, 2.45) is 0 Å². The highest BCUT2D eigenvalue weighted by Gasteiger charge is 2.36. The van der Waals surface area contributed by atoms with E-state index in [0.29, 0.717) is 28.9 Å². The Hall–Kier alpha value is -3.73. The number of carbonyl (C=O) groups excluding carboxylic acids is 3. The van der Waals surface area contributed by atoms with Gasteiger partial charge in [0.25, 0.3) is 17.7 Å². The Morgan fingerprint density at radius 3 is 2.07 bits per heavy atom. The van der Waals surface area contributed by atoms with Gasteiger partial charge in [-0.1, -0.05) is 48.5 Å². The number of anilines is 1. The minimum Gasteiger partial charge on any atom is -0.337 e. The van der Waals surface area contributed by atoms with Crippen LogP contribution in [0.2, 0.25) is 0 Å². The lowest BCUT2D eigenvalue weighted by atomic mass is 10.1. The second-order valence-electron chi connectivity index (χ2n) is 6.69. The molecule has 0 saturated heterocycles. The first-order chi connectivity index (χ1) is 13.6. The maximum Gasteiger partial charge on any atom is 0.266 e. The van der Waals surface area contributed by atoms with E-state index in [1.165, 1.54) is 0 Å². The monoisotopic (exact) mass is 370 g/mol. The fourth-order valence-electron chi connectivity index (χ4n) is 3.35. The van der Waals surface area contributed by atoms with Crippen molar-refractivity contribution in [2.75, 3.05) is 11.9 Å². The average Bonchev–Trinajstić information content (AvgIpc) is 2.99. The van der Waals surface area contributed by atoms with Crippen molar-refractivity contribution < 1.29 is 14.4 Å². The number of hydrogen-bond donors (Lipinski definition) is 0. The SMILES string of the molecule is CN(Cc1ccccc1)C(=O)c1cccc(N2C(=O)c3ccccc3C2=O)c1. The molecule has 4 rings (SSSR count). The molecule has 1 aliphatic heterocycles. The first-order valence-electron chi connectivity index (χ1n) is 8.93. The third-order valence-corrected chi connectivity index (χ3v) is 4.75. The third kappa shape index (κ3) is 3.07. The molecule has 1 aliphatic rings. The zero-order chi connectivity index (χ0) is 19.7. The molecule has 0 fully saturated rings. The molecule has 5 heteroatoms. The van der Waals surface area contributed by atoms with Crippen LogP contribution in [0.1, 0.15) is 36.6 Å². The summed E-state index contributed by atoms with van der Waals surface area (Å²) in [6.07, 6.45) is 0. The molecular weight excluding hydrogens is 352 g/mol. The van der Waals surface area contributed by atoms with E-state index in [1.807, 2.05) is 30.3 Å². The fraction of sp³-hybridized carbons (Fsp3) is 0.0870. The van der Waals surface area contributed by atoms with Gasteiger partial charge in [-0.05, 0) is 35.9 Å². The lowest BCUT2D eigenvalue weighted by Crippen LogP contribution is -2.30. The maximum atomic E-state index is 12.8. The molecule has 0 saturated carbocycles. The highest BCUT2D eigenvalue weighted by molar-refractivity contribution is 6.34. The van der Waals surface area contributed by atoms with Crippen LogP contribution in [-0.4, -0.2) is 29.7 Å². The van der Waals surface area contributed by atoms with E-state index in [2.05, 4.69) is 0 Å². The number of benzene rings is 3. The van der Waals surface area contributed by atoms with Gasteiger partial charge in [0.05, 0.1) is 16.8 Å². The van der Waals surface area contributed by atoms with E-state index in [4.69, 9.17) is 0 Å².